The van der Waals surface area contributed by atoms with Gasteiger partial charge in [0, 0.05) is 13.5 Å². The van der Waals surface area contributed by atoms with Gasteiger partial charge in [-0.15, -0.1) is 0 Å². The van der Waals surface area contributed by atoms with E-state index in [1.807, 2.05) is 0 Å². The molecule has 1 N–H and O–H groups in total. The summed E-state index contributed by atoms with van der Waals surface area (Å²) < 4.78 is 7.84. The van der Waals surface area contributed by atoms with Crippen LogP contribution in [0.3, 0.4) is 0 Å². The molecule has 0 spiro atoms. The number of fused-ring (bicyclic) bond motifs is 1. The van der Waals surface area contributed by atoms with E-state index < -0.39 is 5.97 Å². The average molecular weight is 288 g/mol. The van der Waals surface area contributed by atoms with E-state index in [4.69, 9.17) is 4.74 Å². The van der Waals surface area contributed by atoms with E-state index in [0.29, 0.717) is 5.56 Å². The molecule has 0 amide bonds. The van der Waals surface area contributed by atoms with Gasteiger partial charge in [-0.1, -0.05) is 6.92 Å². The summed E-state index contributed by atoms with van der Waals surface area (Å²) in [6.07, 6.45) is 4.09. The lowest BCUT2D eigenvalue weighted by Gasteiger charge is -2.41. The molecule has 0 aliphatic heterocycles. The number of aromatic carboxylic acids is 1. The number of carboxylic acids is 1. The summed E-state index contributed by atoms with van der Waals surface area (Å²) in [6.45, 7) is 2.81. The highest BCUT2D eigenvalue weighted by molar-refractivity contribution is 5.92. The summed E-state index contributed by atoms with van der Waals surface area (Å²) in [5, 5.41) is 9.18. The first-order valence-electron chi connectivity index (χ1n) is 7.36. The first kappa shape index (κ1) is 14.1. The molecule has 1 saturated carbocycles. The number of nitrogens with zero attached hydrogens (tertiary/aromatic N) is 2. The van der Waals surface area contributed by atoms with Crippen LogP contribution in [0.5, 0.6) is 0 Å². The Morgan fingerprint density at radius 1 is 1.48 bits per heavy atom. The lowest BCUT2D eigenvalue weighted by molar-refractivity contribution is -0.0832. The van der Waals surface area contributed by atoms with E-state index in [0.717, 1.165) is 42.7 Å². The highest BCUT2D eigenvalue weighted by Crippen LogP contribution is 2.37. The van der Waals surface area contributed by atoms with Crippen molar-refractivity contribution in [3.63, 3.8) is 0 Å². The van der Waals surface area contributed by atoms with Gasteiger partial charge in [0.15, 0.2) is 0 Å². The number of benzene rings is 1. The van der Waals surface area contributed by atoms with Crippen LogP contribution in [0.2, 0.25) is 0 Å². The summed E-state index contributed by atoms with van der Waals surface area (Å²) in [5.74, 6) is 0.0728. The Morgan fingerprint density at radius 2 is 2.24 bits per heavy atom. The Labute approximate surface area is 123 Å². The van der Waals surface area contributed by atoms with Crippen molar-refractivity contribution in [2.24, 2.45) is 0 Å². The van der Waals surface area contributed by atoms with Gasteiger partial charge in [-0.05, 0) is 37.5 Å². The van der Waals surface area contributed by atoms with Crippen LogP contribution in [0.4, 0.5) is 0 Å². The van der Waals surface area contributed by atoms with Crippen molar-refractivity contribution in [2.75, 3.05) is 7.11 Å². The Kier molecular flexibility index (Phi) is 3.45. The van der Waals surface area contributed by atoms with Crippen LogP contribution in [0.1, 0.15) is 42.4 Å². The molecular formula is C16H20N2O3. The van der Waals surface area contributed by atoms with Crippen LogP contribution in [0, 0.1) is 0 Å². The lowest BCUT2D eigenvalue weighted by Crippen LogP contribution is -2.43. The zero-order valence-electron chi connectivity index (χ0n) is 12.4. The minimum absolute atomic E-state index is 0.114. The van der Waals surface area contributed by atoms with E-state index >= 15 is 0 Å². The molecule has 5 nitrogen and oxygen atoms in total. The maximum atomic E-state index is 11.2. The van der Waals surface area contributed by atoms with Gasteiger partial charge in [-0.25, -0.2) is 9.78 Å². The fraction of sp³-hybridized carbons (Fsp3) is 0.500. The maximum absolute atomic E-state index is 11.2. The predicted molar refractivity (Wildman–Crippen MR) is 79.7 cm³/mol. The van der Waals surface area contributed by atoms with E-state index in [-0.39, 0.29) is 5.60 Å². The number of rotatable bonds is 5. The van der Waals surface area contributed by atoms with Crippen molar-refractivity contribution in [3.8, 4) is 0 Å². The van der Waals surface area contributed by atoms with Gasteiger partial charge in [-0.3, -0.25) is 0 Å². The molecule has 0 atom stereocenters. The summed E-state index contributed by atoms with van der Waals surface area (Å²) in [5.41, 5.74) is 1.92. The molecule has 0 radical (unpaired) electrons. The highest BCUT2D eigenvalue weighted by Gasteiger charge is 2.38. The molecule has 1 aliphatic carbocycles. The van der Waals surface area contributed by atoms with Crippen molar-refractivity contribution in [3.05, 3.63) is 29.6 Å². The van der Waals surface area contributed by atoms with Gasteiger partial charge in [-0.2, -0.15) is 0 Å². The third kappa shape index (κ3) is 2.31. The monoisotopic (exact) mass is 288 g/mol. The first-order valence-corrected chi connectivity index (χ1v) is 7.36. The highest BCUT2D eigenvalue weighted by atomic mass is 16.5. The largest absolute Gasteiger partial charge is 0.478 e. The van der Waals surface area contributed by atoms with Crippen LogP contribution in [0.15, 0.2) is 18.2 Å². The quantitative estimate of drug-likeness (QED) is 0.918. The smallest absolute Gasteiger partial charge is 0.335 e. The Hall–Kier alpha value is -1.88. The van der Waals surface area contributed by atoms with Crippen molar-refractivity contribution < 1.29 is 14.6 Å². The van der Waals surface area contributed by atoms with Gasteiger partial charge < -0.3 is 14.4 Å². The molecule has 112 valence electrons. The molecule has 0 saturated heterocycles. The summed E-state index contributed by atoms with van der Waals surface area (Å²) in [6, 6.07) is 5.11. The summed E-state index contributed by atoms with van der Waals surface area (Å²) in [4.78, 5) is 15.8. The number of hydrogen-bond donors (Lipinski definition) is 1. The van der Waals surface area contributed by atoms with Crippen LogP contribution in [-0.2, 0) is 17.7 Å². The number of aryl methyl sites for hydroxylation is 1. The van der Waals surface area contributed by atoms with E-state index in [2.05, 4.69) is 16.5 Å². The number of carboxylic acid groups (broad SMARTS) is 1. The topological polar surface area (TPSA) is 64.3 Å². The lowest BCUT2D eigenvalue weighted by atomic mass is 9.80. The molecule has 0 unspecified atom stereocenters. The van der Waals surface area contributed by atoms with E-state index in [1.165, 1.54) is 6.42 Å². The number of aromatic nitrogens is 2. The molecule has 1 fully saturated rings. The minimum Gasteiger partial charge on any atom is -0.478 e. The Balaban J connectivity index is 2.09. The van der Waals surface area contributed by atoms with Gasteiger partial charge in [0.1, 0.15) is 5.82 Å². The molecule has 1 aromatic heterocycles. The maximum Gasteiger partial charge on any atom is 0.335 e. The normalized spacial score (nSPS) is 16.9. The molecule has 5 heteroatoms. The van der Waals surface area contributed by atoms with E-state index in [9.17, 15) is 9.90 Å². The van der Waals surface area contributed by atoms with E-state index in [1.54, 1.807) is 25.3 Å². The molecular weight excluding hydrogens is 268 g/mol. The zero-order chi connectivity index (χ0) is 15.0. The van der Waals surface area contributed by atoms with Crippen LogP contribution < -0.4 is 0 Å². The molecule has 1 aliphatic rings. The number of methoxy groups -OCH3 is 1. The SMILES string of the molecule is CCc1nc2ccc(C(=O)O)cc2n1CC1(OC)CCC1. The van der Waals surface area contributed by atoms with Crippen molar-refractivity contribution in [1.82, 2.24) is 9.55 Å². The fourth-order valence-corrected chi connectivity index (χ4v) is 3.04. The third-order valence-corrected chi connectivity index (χ3v) is 4.53. The number of carbonyl (C=O) groups is 1. The Bertz CT molecular complexity index is 681. The molecule has 21 heavy (non-hydrogen) atoms. The summed E-state index contributed by atoms with van der Waals surface area (Å²) in [7, 11) is 1.76. The molecule has 2 aromatic rings. The first-order chi connectivity index (χ1) is 10.1. The number of ether oxygens (including phenoxy) is 1. The van der Waals surface area contributed by atoms with Crippen molar-refractivity contribution in [1.29, 1.82) is 0 Å². The van der Waals surface area contributed by atoms with Crippen LogP contribution >= 0.6 is 0 Å². The van der Waals surface area contributed by atoms with Gasteiger partial charge in [0.2, 0.25) is 0 Å². The van der Waals surface area contributed by atoms with Crippen molar-refractivity contribution in [2.45, 2.75) is 44.8 Å². The number of hydrogen-bond acceptors (Lipinski definition) is 3. The zero-order valence-corrected chi connectivity index (χ0v) is 12.4. The predicted octanol–water partition coefficient (Wildman–Crippen LogP) is 2.87. The minimum atomic E-state index is -0.909. The molecule has 0 bridgehead atoms. The second kappa shape index (κ2) is 5.15. The standard InChI is InChI=1S/C16H20N2O3/c1-3-14-17-12-6-5-11(15(19)20)9-13(12)18(14)10-16(21-2)7-4-8-16/h5-6,9H,3-4,7-8,10H2,1-2H3,(H,19,20). The van der Waals surface area contributed by atoms with Gasteiger partial charge in [0.25, 0.3) is 0 Å². The second-order valence-electron chi connectivity index (χ2n) is 5.72. The van der Waals surface area contributed by atoms with Gasteiger partial charge >= 0.3 is 5.97 Å². The average Bonchev–Trinajstić information content (AvgIpc) is 2.79. The van der Waals surface area contributed by atoms with Gasteiger partial charge in [0.05, 0.1) is 28.7 Å². The van der Waals surface area contributed by atoms with Crippen molar-refractivity contribution >= 4 is 17.0 Å². The number of imidazole rings is 1. The third-order valence-electron chi connectivity index (χ3n) is 4.53. The van der Waals surface area contributed by atoms with Crippen LogP contribution in [-0.4, -0.2) is 33.3 Å². The molecule has 3 rings (SSSR count). The molecule has 1 aromatic carbocycles. The van der Waals surface area contributed by atoms with Crippen LogP contribution in [0.25, 0.3) is 11.0 Å². The fourth-order valence-electron chi connectivity index (χ4n) is 3.04. The molecule has 1 heterocycles. The second-order valence-corrected chi connectivity index (χ2v) is 5.72. The summed E-state index contributed by atoms with van der Waals surface area (Å²) >= 11 is 0. The Morgan fingerprint density at radius 3 is 2.76 bits per heavy atom.